The van der Waals surface area contributed by atoms with Gasteiger partial charge in [0.05, 0.1) is 12.3 Å². The molecule has 25 heavy (non-hydrogen) atoms. The Labute approximate surface area is 156 Å². The third-order valence-corrected chi connectivity index (χ3v) is 5.44. The van der Waals surface area contributed by atoms with Gasteiger partial charge in [0.25, 0.3) is 0 Å². The number of nitrogens with zero attached hydrogens (tertiary/aromatic N) is 2. The standard InChI is InChI=1S/C18H24BrN3O3/c1-13(23)22-10-8-21(9-11-22)7-2-12-25-16-5-4-15(19)18-14(16)3-6-17(24)20-18/h4-5H,2-3,6-12H2,1H3,(H,20,24). The lowest BCUT2D eigenvalue weighted by molar-refractivity contribution is -0.130. The van der Waals surface area contributed by atoms with Crippen LogP contribution in [0, 0.1) is 0 Å². The van der Waals surface area contributed by atoms with Crippen molar-refractivity contribution in [1.82, 2.24) is 9.80 Å². The van der Waals surface area contributed by atoms with E-state index >= 15 is 0 Å². The minimum Gasteiger partial charge on any atom is -0.493 e. The molecule has 1 fully saturated rings. The number of nitrogens with one attached hydrogen (secondary N) is 1. The van der Waals surface area contributed by atoms with Crippen molar-refractivity contribution in [1.29, 1.82) is 0 Å². The Morgan fingerprint density at radius 2 is 2.00 bits per heavy atom. The number of carbonyl (C=O) groups excluding carboxylic acids is 2. The van der Waals surface area contributed by atoms with Crippen LogP contribution in [0.1, 0.15) is 25.3 Å². The summed E-state index contributed by atoms with van der Waals surface area (Å²) in [6, 6.07) is 3.88. The van der Waals surface area contributed by atoms with Crippen LogP contribution in [-0.2, 0) is 16.0 Å². The maximum absolute atomic E-state index is 11.6. The van der Waals surface area contributed by atoms with E-state index in [9.17, 15) is 9.59 Å². The first-order valence-corrected chi connectivity index (χ1v) is 9.56. The second-order valence-electron chi connectivity index (χ2n) is 6.50. The fraction of sp³-hybridized carbons (Fsp3) is 0.556. The lowest BCUT2D eigenvalue weighted by atomic mass is 10.0. The SMILES string of the molecule is CC(=O)N1CCN(CCCOc2ccc(Br)c3c2CCC(=O)N3)CC1. The van der Waals surface area contributed by atoms with Crippen molar-refractivity contribution in [2.45, 2.75) is 26.2 Å². The average Bonchev–Trinajstić information content (AvgIpc) is 2.61. The summed E-state index contributed by atoms with van der Waals surface area (Å²) >= 11 is 3.49. The normalized spacial score (nSPS) is 17.8. The van der Waals surface area contributed by atoms with Crippen molar-refractivity contribution in [2.75, 3.05) is 44.6 Å². The van der Waals surface area contributed by atoms with Gasteiger partial charge in [-0.25, -0.2) is 0 Å². The van der Waals surface area contributed by atoms with Crippen LogP contribution in [0.4, 0.5) is 5.69 Å². The molecule has 0 radical (unpaired) electrons. The second-order valence-corrected chi connectivity index (χ2v) is 7.35. The Bertz CT molecular complexity index is 657. The molecule has 1 aromatic rings. The number of rotatable bonds is 5. The Balaban J connectivity index is 1.46. The van der Waals surface area contributed by atoms with Gasteiger partial charge in [0, 0.05) is 56.1 Å². The molecule has 2 heterocycles. The molecule has 6 nitrogen and oxygen atoms in total. The Kier molecular flexibility index (Phi) is 5.96. The molecule has 3 rings (SSSR count). The fourth-order valence-corrected chi connectivity index (χ4v) is 3.79. The summed E-state index contributed by atoms with van der Waals surface area (Å²) < 4.78 is 6.88. The predicted octanol–water partition coefficient (Wildman–Crippen LogP) is 2.27. The number of amides is 2. The first-order chi connectivity index (χ1) is 12.0. The molecule has 2 amide bonds. The molecule has 0 bridgehead atoms. The zero-order chi connectivity index (χ0) is 17.8. The molecule has 7 heteroatoms. The maximum atomic E-state index is 11.6. The Morgan fingerprint density at radius 1 is 1.24 bits per heavy atom. The molecule has 0 saturated carbocycles. The first-order valence-electron chi connectivity index (χ1n) is 8.76. The Morgan fingerprint density at radius 3 is 2.72 bits per heavy atom. The summed E-state index contributed by atoms with van der Waals surface area (Å²) in [5.41, 5.74) is 1.91. The molecule has 0 aromatic heterocycles. The molecule has 136 valence electrons. The van der Waals surface area contributed by atoms with E-state index in [1.54, 1.807) is 6.92 Å². The summed E-state index contributed by atoms with van der Waals surface area (Å²) in [4.78, 5) is 27.2. The lowest BCUT2D eigenvalue weighted by Crippen LogP contribution is -2.48. The number of halogens is 1. The number of hydrogen-bond donors (Lipinski definition) is 1. The summed E-state index contributed by atoms with van der Waals surface area (Å²) in [5, 5.41) is 2.92. The molecule has 0 atom stereocenters. The predicted molar refractivity (Wildman–Crippen MR) is 99.9 cm³/mol. The molecule has 1 N–H and O–H groups in total. The van der Waals surface area contributed by atoms with Crippen LogP contribution in [0.2, 0.25) is 0 Å². The third-order valence-electron chi connectivity index (χ3n) is 4.78. The molecule has 2 aliphatic rings. The summed E-state index contributed by atoms with van der Waals surface area (Å²) in [5.74, 6) is 1.07. The quantitative estimate of drug-likeness (QED) is 0.757. The van der Waals surface area contributed by atoms with Crippen molar-refractivity contribution in [3.8, 4) is 5.75 Å². The van der Waals surface area contributed by atoms with Gasteiger partial charge in [-0.05, 0) is 40.9 Å². The van der Waals surface area contributed by atoms with Crippen molar-refractivity contribution in [2.24, 2.45) is 0 Å². The zero-order valence-corrected chi connectivity index (χ0v) is 16.1. The van der Waals surface area contributed by atoms with Crippen molar-refractivity contribution in [3.63, 3.8) is 0 Å². The van der Waals surface area contributed by atoms with E-state index in [0.29, 0.717) is 19.4 Å². The molecule has 1 saturated heterocycles. The fourth-order valence-electron chi connectivity index (χ4n) is 3.32. The van der Waals surface area contributed by atoms with Crippen LogP contribution in [0.3, 0.4) is 0 Å². The van der Waals surface area contributed by atoms with Gasteiger partial charge in [0.2, 0.25) is 11.8 Å². The van der Waals surface area contributed by atoms with E-state index < -0.39 is 0 Å². The van der Waals surface area contributed by atoms with Crippen LogP contribution in [0.5, 0.6) is 5.75 Å². The van der Waals surface area contributed by atoms with Gasteiger partial charge < -0.3 is 15.0 Å². The van der Waals surface area contributed by atoms with Gasteiger partial charge in [0.15, 0.2) is 0 Å². The van der Waals surface area contributed by atoms with E-state index in [0.717, 1.165) is 60.6 Å². The minimum atomic E-state index is 0.0510. The Hall–Kier alpha value is -1.60. The molecule has 0 spiro atoms. The molecular formula is C18H24BrN3O3. The second kappa shape index (κ2) is 8.19. The minimum absolute atomic E-state index is 0.0510. The third kappa shape index (κ3) is 4.52. The number of hydrogen-bond acceptors (Lipinski definition) is 4. The average molecular weight is 410 g/mol. The van der Waals surface area contributed by atoms with Gasteiger partial charge in [0.1, 0.15) is 5.75 Å². The summed E-state index contributed by atoms with van der Waals surface area (Å²) in [6.07, 6.45) is 2.15. The number of ether oxygens (including phenoxy) is 1. The van der Waals surface area contributed by atoms with Crippen molar-refractivity contribution < 1.29 is 14.3 Å². The number of benzene rings is 1. The zero-order valence-electron chi connectivity index (χ0n) is 14.5. The number of fused-ring (bicyclic) bond motifs is 1. The topological polar surface area (TPSA) is 61.9 Å². The van der Waals surface area contributed by atoms with Gasteiger partial charge in [-0.3, -0.25) is 14.5 Å². The highest BCUT2D eigenvalue weighted by Gasteiger charge is 2.21. The van der Waals surface area contributed by atoms with Gasteiger partial charge in [-0.15, -0.1) is 0 Å². The van der Waals surface area contributed by atoms with Crippen LogP contribution in [0.15, 0.2) is 16.6 Å². The van der Waals surface area contributed by atoms with Crippen LogP contribution >= 0.6 is 15.9 Å². The van der Waals surface area contributed by atoms with E-state index in [2.05, 4.69) is 26.1 Å². The largest absolute Gasteiger partial charge is 0.493 e. The maximum Gasteiger partial charge on any atom is 0.224 e. The van der Waals surface area contributed by atoms with E-state index in [1.807, 2.05) is 17.0 Å². The van der Waals surface area contributed by atoms with Crippen molar-refractivity contribution >= 4 is 33.4 Å². The monoisotopic (exact) mass is 409 g/mol. The van der Waals surface area contributed by atoms with Gasteiger partial charge in [-0.1, -0.05) is 0 Å². The first kappa shape index (κ1) is 18.2. The van der Waals surface area contributed by atoms with Crippen molar-refractivity contribution in [3.05, 3.63) is 22.2 Å². The van der Waals surface area contributed by atoms with Gasteiger partial charge in [-0.2, -0.15) is 0 Å². The van der Waals surface area contributed by atoms with Crippen LogP contribution in [-0.4, -0.2) is 60.9 Å². The van der Waals surface area contributed by atoms with E-state index in [1.165, 1.54) is 0 Å². The highest BCUT2D eigenvalue weighted by Crippen LogP contribution is 2.37. The smallest absolute Gasteiger partial charge is 0.224 e. The van der Waals surface area contributed by atoms with E-state index in [-0.39, 0.29) is 11.8 Å². The molecule has 0 aliphatic carbocycles. The number of piperazine rings is 1. The molecule has 2 aliphatic heterocycles. The van der Waals surface area contributed by atoms with Crippen LogP contribution in [0.25, 0.3) is 0 Å². The van der Waals surface area contributed by atoms with Crippen LogP contribution < -0.4 is 10.1 Å². The summed E-state index contributed by atoms with van der Waals surface area (Å²) in [6.45, 7) is 6.74. The van der Waals surface area contributed by atoms with E-state index in [4.69, 9.17) is 4.74 Å². The highest BCUT2D eigenvalue weighted by atomic mass is 79.9. The lowest BCUT2D eigenvalue weighted by Gasteiger charge is -2.34. The summed E-state index contributed by atoms with van der Waals surface area (Å²) in [7, 11) is 0. The highest BCUT2D eigenvalue weighted by molar-refractivity contribution is 9.10. The molecule has 1 aromatic carbocycles. The molecular weight excluding hydrogens is 386 g/mol. The van der Waals surface area contributed by atoms with Gasteiger partial charge >= 0.3 is 0 Å². The number of carbonyl (C=O) groups is 2. The number of anilines is 1. The molecule has 0 unspecified atom stereocenters.